The molecule has 3 atom stereocenters. The molecular weight excluding hydrogens is 198 g/mol. The van der Waals surface area contributed by atoms with Gasteiger partial charge in [-0.25, -0.2) is 0 Å². The van der Waals surface area contributed by atoms with Gasteiger partial charge in [0.2, 0.25) is 5.91 Å². The lowest BCUT2D eigenvalue weighted by molar-refractivity contribution is -0.131. The molecule has 1 unspecified atom stereocenters. The van der Waals surface area contributed by atoms with Crippen LogP contribution in [0.15, 0.2) is 0 Å². The maximum Gasteiger partial charge on any atom is 0.222 e. The number of aliphatic hydroxyl groups is 2. The van der Waals surface area contributed by atoms with E-state index < -0.39 is 12.2 Å². The smallest absolute Gasteiger partial charge is 0.222 e. The normalized spacial score (nSPS) is 28.1. The predicted molar refractivity (Wildman–Crippen MR) is 54.3 cm³/mol. The first kappa shape index (κ1) is 12.4. The molecule has 1 fully saturated rings. The van der Waals surface area contributed by atoms with Crippen LogP contribution in [0, 0.1) is 0 Å². The van der Waals surface area contributed by atoms with Crippen molar-refractivity contribution in [1.82, 2.24) is 4.90 Å². The van der Waals surface area contributed by atoms with Crippen molar-refractivity contribution in [3.8, 4) is 0 Å². The maximum absolute atomic E-state index is 11.6. The minimum atomic E-state index is -0.797. The largest absolute Gasteiger partial charge is 0.388 e. The van der Waals surface area contributed by atoms with Crippen LogP contribution in [-0.2, 0) is 9.53 Å². The first-order chi connectivity index (χ1) is 7.04. The highest BCUT2D eigenvalue weighted by Crippen LogP contribution is 2.12. The fraction of sp³-hybridized carbons (Fsp3) is 0.900. The highest BCUT2D eigenvalue weighted by Gasteiger charge is 2.32. The van der Waals surface area contributed by atoms with Crippen LogP contribution in [0.3, 0.4) is 0 Å². The Balaban J connectivity index is 2.29. The van der Waals surface area contributed by atoms with Gasteiger partial charge in [-0.2, -0.15) is 0 Å². The average Bonchev–Trinajstić information content (AvgIpc) is 2.55. The summed E-state index contributed by atoms with van der Waals surface area (Å²) in [4.78, 5) is 13.1. The Labute approximate surface area is 89.6 Å². The lowest BCUT2D eigenvalue weighted by Gasteiger charge is -2.16. The number of likely N-dealkylation sites (tertiary alicyclic amines) is 1. The minimum absolute atomic E-state index is 0.0329. The molecule has 0 radical (unpaired) electrons. The summed E-state index contributed by atoms with van der Waals surface area (Å²) in [5, 5.41) is 18.5. The summed E-state index contributed by atoms with van der Waals surface area (Å²) < 4.78 is 5.04. The van der Waals surface area contributed by atoms with Crippen LogP contribution in [-0.4, -0.2) is 59.5 Å². The molecule has 1 aliphatic rings. The summed E-state index contributed by atoms with van der Waals surface area (Å²) in [6.45, 7) is 2.38. The van der Waals surface area contributed by atoms with Crippen molar-refractivity contribution < 1.29 is 19.7 Å². The number of methoxy groups -OCH3 is 1. The fourth-order valence-corrected chi connectivity index (χ4v) is 1.58. The van der Waals surface area contributed by atoms with Gasteiger partial charge in [0.15, 0.2) is 0 Å². The number of carbonyl (C=O) groups excluding carboxylic acids is 1. The van der Waals surface area contributed by atoms with Gasteiger partial charge in [-0.3, -0.25) is 4.79 Å². The molecule has 0 bridgehead atoms. The predicted octanol–water partition coefficient (Wildman–Crippen LogP) is -0.635. The van der Waals surface area contributed by atoms with Gasteiger partial charge >= 0.3 is 0 Å². The average molecular weight is 217 g/mol. The van der Waals surface area contributed by atoms with Crippen molar-refractivity contribution in [1.29, 1.82) is 0 Å². The molecule has 0 aromatic rings. The highest BCUT2D eigenvalue weighted by molar-refractivity contribution is 5.76. The Morgan fingerprint density at radius 3 is 2.47 bits per heavy atom. The molecule has 1 heterocycles. The molecule has 0 aromatic heterocycles. The molecule has 15 heavy (non-hydrogen) atoms. The molecule has 5 nitrogen and oxygen atoms in total. The number of β-amino-alcohol motifs (C(OH)–C–C–N with tert-alkyl or cyclic N) is 2. The van der Waals surface area contributed by atoms with Crippen LogP contribution in [0.25, 0.3) is 0 Å². The van der Waals surface area contributed by atoms with Crippen LogP contribution in [0.4, 0.5) is 0 Å². The van der Waals surface area contributed by atoms with E-state index in [4.69, 9.17) is 4.74 Å². The molecule has 1 saturated heterocycles. The SMILES string of the molecule is COC(C)CCC(=O)N1C[C@@H](O)[C@@H](O)C1. The van der Waals surface area contributed by atoms with Crippen molar-refractivity contribution in [3.05, 3.63) is 0 Å². The maximum atomic E-state index is 11.6. The Hall–Kier alpha value is -0.650. The van der Waals surface area contributed by atoms with E-state index in [9.17, 15) is 15.0 Å². The number of ether oxygens (including phenoxy) is 1. The molecule has 0 aromatic carbocycles. The zero-order valence-electron chi connectivity index (χ0n) is 9.22. The number of amides is 1. The zero-order chi connectivity index (χ0) is 11.4. The zero-order valence-corrected chi connectivity index (χ0v) is 9.22. The van der Waals surface area contributed by atoms with E-state index in [0.717, 1.165) is 0 Å². The first-order valence-corrected chi connectivity index (χ1v) is 5.21. The molecule has 0 aliphatic carbocycles. The van der Waals surface area contributed by atoms with Gasteiger partial charge in [-0.05, 0) is 13.3 Å². The van der Waals surface area contributed by atoms with Gasteiger partial charge in [0.05, 0.1) is 18.3 Å². The quantitative estimate of drug-likeness (QED) is 0.657. The van der Waals surface area contributed by atoms with Crippen molar-refractivity contribution >= 4 is 5.91 Å². The molecule has 1 rings (SSSR count). The fourth-order valence-electron chi connectivity index (χ4n) is 1.58. The molecule has 1 aliphatic heterocycles. The molecule has 0 spiro atoms. The second-order valence-electron chi connectivity index (χ2n) is 4.02. The van der Waals surface area contributed by atoms with E-state index in [1.807, 2.05) is 6.92 Å². The highest BCUT2D eigenvalue weighted by atomic mass is 16.5. The molecule has 88 valence electrons. The number of rotatable bonds is 4. The minimum Gasteiger partial charge on any atom is -0.388 e. The molecule has 1 amide bonds. The van der Waals surface area contributed by atoms with E-state index in [2.05, 4.69) is 0 Å². The second-order valence-corrected chi connectivity index (χ2v) is 4.02. The third-order valence-electron chi connectivity index (χ3n) is 2.78. The van der Waals surface area contributed by atoms with Gasteiger partial charge in [0.25, 0.3) is 0 Å². The summed E-state index contributed by atoms with van der Waals surface area (Å²) in [5.41, 5.74) is 0. The van der Waals surface area contributed by atoms with Crippen molar-refractivity contribution in [2.75, 3.05) is 20.2 Å². The van der Waals surface area contributed by atoms with E-state index >= 15 is 0 Å². The number of carbonyl (C=O) groups is 1. The summed E-state index contributed by atoms with van der Waals surface area (Å²) in [7, 11) is 1.61. The number of hydrogen-bond acceptors (Lipinski definition) is 4. The standard InChI is InChI=1S/C10H19NO4/c1-7(15-2)3-4-10(14)11-5-8(12)9(13)6-11/h7-9,12-13H,3-6H2,1-2H3/t7?,8-,9+. The number of aliphatic hydroxyl groups excluding tert-OH is 2. The lowest BCUT2D eigenvalue weighted by Crippen LogP contribution is -2.30. The van der Waals surface area contributed by atoms with Gasteiger partial charge < -0.3 is 19.8 Å². The summed E-state index contributed by atoms with van der Waals surface area (Å²) in [6, 6.07) is 0. The lowest BCUT2D eigenvalue weighted by atomic mass is 10.2. The van der Waals surface area contributed by atoms with Gasteiger partial charge in [-0.15, -0.1) is 0 Å². The molecule has 0 saturated carbocycles. The van der Waals surface area contributed by atoms with Gasteiger partial charge in [0.1, 0.15) is 0 Å². The Kier molecular flexibility index (Phi) is 4.50. The van der Waals surface area contributed by atoms with Crippen LogP contribution < -0.4 is 0 Å². The molecule has 2 N–H and O–H groups in total. The van der Waals surface area contributed by atoms with Gasteiger partial charge in [0, 0.05) is 26.6 Å². The monoisotopic (exact) mass is 217 g/mol. The third kappa shape index (κ3) is 3.44. The Bertz CT molecular complexity index is 211. The molecule has 5 heteroatoms. The van der Waals surface area contributed by atoms with E-state index in [0.29, 0.717) is 12.8 Å². The van der Waals surface area contributed by atoms with Crippen LogP contribution in [0.1, 0.15) is 19.8 Å². The summed E-state index contributed by atoms with van der Waals surface area (Å²) in [6.07, 6.45) is -0.471. The third-order valence-corrected chi connectivity index (χ3v) is 2.78. The van der Waals surface area contributed by atoms with Crippen molar-refractivity contribution in [3.63, 3.8) is 0 Å². The number of nitrogens with zero attached hydrogens (tertiary/aromatic N) is 1. The number of hydrogen-bond donors (Lipinski definition) is 2. The summed E-state index contributed by atoms with van der Waals surface area (Å²) >= 11 is 0. The van der Waals surface area contributed by atoms with E-state index in [-0.39, 0.29) is 25.1 Å². The Morgan fingerprint density at radius 2 is 2.00 bits per heavy atom. The summed E-state index contributed by atoms with van der Waals surface area (Å²) in [5.74, 6) is -0.0329. The van der Waals surface area contributed by atoms with Crippen LogP contribution >= 0.6 is 0 Å². The van der Waals surface area contributed by atoms with E-state index in [1.165, 1.54) is 4.90 Å². The van der Waals surface area contributed by atoms with Gasteiger partial charge in [-0.1, -0.05) is 0 Å². The van der Waals surface area contributed by atoms with Crippen LogP contribution in [0.2, 0.25) is 0 Å². The first-order valence-electron chi connectivity index (χ1n) is 5.21. The Morgan fingerprint density at radius 1 is 1.47 bits per heavy atom. The molecular formula is C10H19NO4. The van der Waals surface area contributed by atoms with E-state index in [1.54, 1.807) is 7.11 Å². The van der Waals surface area contributed by atoms with Crippen molar-refractivity contribution in [2.45, 2.75) is 38.1 Å². The van der Waals surface area contributed by atoms with Crippen LogP contribution in [0.5, 0.6) is 0 Å². The second kappa shape index (κ2) is 5.44. The van der Waals surface area contributed by atoms with Crippen molar-refractivity contribution in [2.24, 2.45) is 0 Å². The topological polar surface area (TPSA) is 70.0 Å².